The number of hydrogen-bond acceptors (Lipinski definition) is 4. The van der Waals surface area contributed by atoms with Gasteiger partial charge in [0.2, 0.25) is 5.43 Å². The average molecular weight is 683 g/mol. The van der Waals surface area contributed by atoms with Crippen LogP contribution in [0.5, 0.6) is 0 Å². The van der Waals surface area contributed by atoms with Gasteiger partial charge in [-0.25, -0.2) is 0 Å². The second-order valence-corrected chi connectivity index (χ2v) is 12.9. The van der Waals surface area contributed by atoms with Crippen molar-refractivity contribution in [2.75, 3.05) is 9.80 Å². The molecule has 0 N–H and O–H groups in total. The quantitative estimate of drug-likeness (QED) is 0.150. The van der Waals surface area contributed by atoms with E-state index in [9.17, 15) is 4.79 Å². The summed E-state index contributed by atoms with van der Waals surface area (Å²) in [6.07, 6.45) is 0. The number of fused-ring (bicyclic) bond motifs is 2. The molecule has 1 aromatic heterocycles. The van der Waals surface area contributed by atoms with E-state index in [0.29, 0.717) is 21.9 Å². The zero-order valence-corrected chi connectivity index (χ0v) is 28.8. The Kier molecular flexibility index (Phi) is 8.31. The summed E-state index contributed by atoms with van der Waals surface area (Å²) in [6.45, 7) is 0. The van der Waals surface area contributed by atoms with Gasteiger partial charge in [0, 0.05) is 34.1 Å². The molecule has 53 heavy (non-hydrogen) atoms. The Morgan fingerprint density at radius 2 is 0.755 bits per heavy atom. The Bertz CT molecular complexity index is 2630. The first-order chi connectivity index (χ1) is 26.2. The van der Waals surface area contributed by atoms with E-state index in [-0.39, 0.29) is 5.43 Å². The molecule has 0 unspecified atom stereocenters. The molecule has 8 aromatic carbocycles. The van der Waals surface area contributed by atoms with Crippen molar-refractivity contribution in [2.24, 2.45) is 0 Å². The smallest absolute Gasteiger partial charge is 0.201 e. The third-order valence-corrected chi connectivity index (χ3v) is 9.65. The highest BCUT2D eigenvalue weighted by Crippen LogP contribution is 2.38. The minimum Gasteiger partial charge on any atom is -0.456 e. The first kappa shape index (κ1) is 31.8. The number of hydrogen-bond donors (Lipinski definition) is 0. The predicted octanol–water partition coefficient (Wildman–Crippen LogP) is 13.2. The van der Waals surface area contributed by atoms with Crippen molar-refractivity contribution in [3.63, 3.8) is 0 Å². The summed E-state index contributed by atoms with van der Waals surface area (Å²) in [5, 5.41) is 1.13. The molecule has 1 heterocycles. The molecule has 0 amide bonds. The van der Waals surface area contributed by atoms with E-state index in [1.807, 2.05) is 84.9 Å². The fourth-order valence-electron chi connectivity index (χ4n) is 7.11. The first-order valence-electron chi connectivity index (χ1n) is 17.7. The Labute approximate surface area is 308 Å². The summed E-state index contributed by atoms with van der Waals surface area (Å²) in [5.41, 5.74) is 11.3. The second-order valence-electron chi connectivity index (χ2n) is 12.9. The van der Waals surface area contributed by atoms with Crippen LogP contribution in [0.15, 0.2) is 215 Å². The molecule has 0 radical (unpaired) electrons. The van der Waals surface area contributed by atoms with Gasteiger partial charge in [-0.3, -0.25) is 4.79 Å². The summed E-state index contributed by atoms with van der Waals surface area (Å²) < 4.78 is 6.49. The average Bonchev–Trinajstić information content (AvgIpc) is 3.23. The van der Waals surface area contributed by atoms with E-state index in [0.717, 1.165) is 56.4 Å². The minimum absolute atomic E-state index is 0.0422. The van der Waals surface area contributed by atoms with Crippen molar-refractivity contribution in [3.05, 3.63) is 216 Å². The van der Waals surface area contributed by atoms with Gasteiger partial charge in [0.25, 0.3) is 0 Å². The van der Waals surface area contributed by atoms with Crippen LogP contribution in [0, 0.1) is 0 Å². The summed E-state index contributed by atoms with van der Waals surface area (Å²) in [5.74, 6) is 0. The molecule has 0 saturated carbocycles. The van der Waals surface area contributed by atoms with Crippen LogP contribution >= 0.6 is 0 Å². The van der Waals surface area contributed by atoms with Gasteiger partial charge >= 0.3 is 0 Å². The Morgan fingerprint density at radius 3 is 1.23 bits per heavy atom. The van der Waals surface area contributed by atoms with Crippen LogP contribution in [-0.2, 0) is 0 Å². The van der Waals surface area contributed by atoms with Crippen LogP contribution in [0.4, 0.5) is 34.1 Å². The number of nitrogens with zero attached hydrogens (tertiary/aromatic N) is 2. The fraction of sp³-hybridized carbons (Fsp3) is 0. The number of anilines is 6. The molecule has 4 heteroatoms. The van der Waals surface area contributed by atoms with Crippen molar-refractivity contribution >= 4 is 56.1 Å². The lowest BCUT2D eigenvalue weighted by atomic mass is 9.98. The summed E-state index contributed by atoms with van der Waals surface area (Å²) in [4.78, 5) is 18.7. The molecule has 0 bridgehead atoms. The molecule has 0 saturated heterocycles. The highest BCUT2D eigenvalue weighted by Gasteiger charge is 2.17. The van der Waals surface area contributed by atoms with Crippen LogP contribution < -0.4 is 15.2 Å². The lowest BCUT2D eigenvalue weighted by Crippen LogP contribution is -2.09. The highest BCUT2D eigenvalue weighted by atomic mass is 16.3. The minimum atomic E-state index is -0.0422. The van der Waals surface area contributed by atoms with Crippen molar-refractivity contribution in [3.8, 4) is 22.3 Å². The molecular weight excluding hydrogens is 649 g/mol. The van der Waals surface area contributed by atoms with E-state index in [1.54, 1.807) is 0 Å². The maximum absolute atomic E-state index is 14.2. The van der Waals surface area contributed by atoms with Gasteiger partial charge in [-0.15, -0.1) is 0 Å². The maximum Gasteiger partial charge on any atom is 0.201 e. The van der Waals surface area contributed by atoms with E-state index >= 15 is 0 Å². The molecule has 252 valence electrons. The van der Waals surface area contributed by atoms with Crippen molar-refractivity contribution in [1.29, 1.82) is 0 Å². The SMILES string of the molecule is O=c1c2ccc(-c3ccc(N(c4ccccc4)c4ccccc4)cc3)cc2oc2cccc(-c3ccc(N(c4ccccc4)c4ccccc4)cc3)c12. The molecular formula is C49H34N2O2. The lowest BCUT2D eigenvalue weighted by molar-refractivity contribution is 0.660. The van der Waals surface area contributed by atoms with Gasteiger partial charge in [-0.1, -0.05) is 115 Å². The van der Waals surface area contributed by atoms with Crippen molar-refractivity contribution < 1.29 is 4.42 Å². The van der Waals surface area contributed by atoms with Crippen LogP contribution in [0.2, 0.25) is 0 Å². The normalized spacial score (nSPS) is 11.1. The molecule has 0 fully saturated rings. The zero-order chi connectivity index (χ0) is 35.6. The van der Waals surface area contributed by atoms with Gasteiger partial charge in [0.1, 0.15) is 11.2 Å². The van der Waals surface area contributed by atoms with Crippen molar-refractivity contribution in [1.82, 2.24) is 0 Å². The Hall–Kier alpha value is -7.17. The fourth-order valence-corrected chi connectivity index (χ4v) is 7.11. The molecule has 0 spiro atoms. The standard InChI is InChI=1S/C49H34N2O2/c52-49-45-33-28-37(35-24-29-42(30-25-35)50(38-14-5-1-6-15-38)39-16-7-2-8-17-39)34-47(45)53-46-23-13-22-44(48(46)49)36-26-31-43(32-27-36)51(40-18-9-3-10-19-40)41-20-11-4-12-21-41/h1-34H. The molecule has 0 aliphatic heterocycles. The van der Waals surface area contributed by atoms with E-state index in [2.05, 4.69) is 131 Å². The van der Waals surface area contributed by atoms with E-state index < -0.39 is 0 Å². The van der Waals surface area contributed by atoms with Gasteiger partial charge in [0.15, 0.2) is 0 Å². The Balaban J connectivity index is 1.05. The van der Waals surface area contributed by atoms with Crippen LogP contribution in [0.25, 0.3) is 44.2 Å². The second kappa shape index (κ2) is 13.9. The Morgan fingerprint density at radius 1 is 0.340 bits per heavy atom. The monoisotopic (exact) mass is 682 g/mol. The summed E-state index contributed by atoms with van der Waals surface area (Å²) in [6, 6.07) is 69.9. The van der Waals surface area contributed by atoms with Gasteiger partial charge in [-0.05, 0) is 113 Å². The van der Waals surface area contributed by atoms with Crippen molar-refractivity contribution in [2.45, 2.75) is 0 Å². The predicted molar refractivity (Wildman–Crippen MR) is 220 cm³/mol. The topological polar surface area (TPSA) is 36.7 Å². The molecule has 9 aromatic rings. The third-order valence-electron chi connectivity index (χ3n) is 9.65. The van der Waals surface area contributed by atoms with Crippen LogP contribution in [0.3, 0.4) is 0 Å². The molecule has 4 nitrogen and oxygen atoms in total. The zero-order valence-electron chi connectivity index (χ0n) is 28.8. The van der Waals surface area contributed by atoms with Gasteiger partial charge < -0.3 is 14.2 Å². The molecule has 9 rings (SSSR count). The van der Waals surface area contributed by atoms with Gasteiger partial charge in [0.05, 0.1) is 10.8 Å². The third kappa shape index (κ3) is 6.13. The molecule has 0 atom stereocenters. The summed E-state index contributed by atoms with van der Waals surface area (Å²) in [7, 11) is 0. The maximum atomic E-state index is 14.2. The first-order valence-corrected chi connectivity index (χ1v) is 17.7. The summed E-state index contributed by atoms with van der Waals surface area (Å²) >= 11 is 0. The highest BCUT2D eigenvalue weighted by molar-refractivity contribution is 6.00. The van der Waals surface area contributed by atoms with Crippen LogP contribution in [-0.4, -0.2) is 0 Å². The molecule has 0 aliphatic rings. The number of benzene rings is 8. The van der Waals surface area contributed by atoms with Crippen LogP contribution in [0.1, 0.15) is 0 Å². The largest absolute Gasteiger partial charge is 0.456 e. The number of para-hydroxylation sites is 4. The lowest BCUT2D eigenvalue weighted by Gasteiger charge is -2.25. The number of rotatable bonds is 8. The van der Waals surface area contributed by atoms with Gasteiger partial charge in [-0.2, -0.15) is 0 Å². The molecule has 0 aliphatic carbocycles. The van der Waals surface area contributed by atoms with E-state index in [1.165, 1.54) is 0 Å². The van der Waals surface area contributed by atoms with E-state index in [4.69, 9.17) is 4.42 Å².